The van der Waals surface area contributed by atoms with Gasteiger partial charge in [-0.05, 0) is 36.4 Å². The average molecular weight is 397 g/mol. The van der Waals surface area contributed by atoms with Gasteiger partial charge in [-0.15, -0.1) is 10.2 Å². The molecule has 0 radical (unpaired) electrons. The number of rotatable bonds is 4. The fraction of sp³-hybridized carbons (Fsp3) is 0.100. The zero-order valence-corrected chi connectivity index (χ0v) is 14.9. The molecule has 9 heteroatoms. The van der Waals surface area contributed by atoms with Crippen molar-refractivity contribution in [3.8, 4) is 11.4 Å². The second-order valence-corrected chi connectivity index (χ2v) is 6.25. The van der Waals surface area contributed by atoms with Crippen LogP contribution < -0.4 is 5.32 Å². The number of halogens is 3. The van der Waals surface area contributed by atoms with Crippen molar-refractivity contribution in [1.29, 1.82) is 0 Å². The first-order valence-electron chi connectivity index (χ1n) is 8.62. The van der Waals surface area contributed by atoms with E-state index in [-0.39, 0.29) is 23.8 Å². The molecule has 6 nitrogen and oxygen atoms in total. The minimum atomic E-state index is -4.47. The van der Waals surface area contributed by atoms with Gasteiger partial charge in [0, 0.05) is 18.0 Å². The SMILES string of the molecule is O=C(NCc1ccccn1)c1ccc2nnc(-c3cccc(C(F)(F)F)c3)n2c1. The summed E-state index contributed by atoms with van der Waals surface area (Å²) in [6, 6.07) is 13.4. The predicted octanol–water partition coefficient (Wildman–Crippen LogP) is 3.74. The Morgan fingerprint density at radius 1 is 1.03 bits per heavy atom. The van der Waals surface area contributed by atoms with Crippen LogP contribution in [0.5, 0.6) is 0 Å². The maximum Gasteiger partial charge on any atom is 0.416 e. The lowest BCUT2D eigenvalue weighted by atomic mass is 10.1. The third-order valence-corrected chi connectivity index (χ3v) is 4.27. The lowest BCUT2D eigenvalue weighted by Crippen LogP contribution is -2.23. The number of amides is 1. The molecule has 0 atom stereocenters. The van der Waals surface area contributed by atoms with E-state index in [1.807, 2.05) is 6.07 Å². The van der Waals surface area contributed by atoms with Crippen LogP contribution in [0.3, 0.4) is 0 Å². The molecule has 1 amide bonds. The number of nitrogens with one attached hydrogen (secondary N) is 1. The minimum Gasteiger partial charge on any atom is -0.346 e. The van der Waals surface area contributed by atoms with Crippen LogP contribution in [0.25, 0.3) is 17.0 Å². The largest absolute Gasteiger partial charge is 0.416 e. The van der Waals surface area contributed by atoms with Crippen LogP contribution in [-0.4, -0.2) is 25.5 Å². The molecule has 3 aromatic heterocycles. The van der Waals surface area contributed by atoms with Crippen molar-refractivity contribution < 1.29 is 18.0 Å². The molecule has 1 aromatic carbocycles. The molecule has 0 bridgehead atoms. The molecular weight excluding hydrogens is 383 g/mol. The number of hydrogen-bond donors (Lipinski definition) is 1. The van der Waals surface area contributed by atoms with Gasteiger partial charge in [-0.3, -0.25) is 14.2 Å². The van der Waals surface area contributed by atoms with Gasteiger partial charge in [0.15, 0.2) is 11.5 Å². The summed E-state index contributed by atoms with van der Waals surface area (Å²) in [5.41, 5.74) is 0.908. The van der Waals surface area contributed by atoms with Crippen LogP contribution in [-0.2, 0) is 12.7 Å². The van der Waals surface area contributed by atoms with E-state index in [9.17, 15) is 18.0 Å². The minimum absolute atomic E-state index is 0.213. The second kappa shape index (κ2) is 7.34. The van der Waals surface area contributed by atoms with Crippen LogP contribution in [0, 0.1) is 0 Å². The van der Waals surface area contributed by atoms with E-state index < -0.39 is 11.7 Å². The summed E-state index contributed by atoms with van der Waals surface area (Å²) in [5.74, 6) is -0.133. The highest BCUT2D eigenvalue weighted by Gasteiger charge is 2.30. The second-order valence-electron chi connectivity index (χ2n) is 6.25. The Morgan fingerprint density at radius 2 is 1.90 bits per heavy atom. The van der Waals surface area contributed by atoms with Gasteiger partial charge in [0.25, 0.3) is 5.91 Å². The topological polar surface area (TPSA) is 72.2 Å². The normalized spacial score (nSPS) is 11.6. The lowest BCUT2D eigenvalue weighted by Gasteiger charge is -2.09. The van der Waals surface area contributed by atoms with Gasteiger partial charge in [0.05, 0.1) is 23.4 Å². The number of benzene rings is 1. The van der Waals surface area contributed by atoms with E-state index >= 15 is 0 Å². The van der Waals surface area contributed by atoms with Gasteiger partial charge in [0.1, 0.15) is 0 Å². The number of pyridine rings is 2. The zero-order chi connectivity index (χ0) is 20.4. The first-order chi connectivity index (χ1) is 13.9. The highest BCUT2D eigenvalue weighted by Crippen LogP contribution is 2.31. The zero-order valence-electron chi connectivity index (χ0n) is 14.9. The van der Waals surface area contributed by atoms with E-state index in [1.165, 1.54) is 22.7 Å². The van der Waals surface area contributed by atoms with Gasteiger partial charge >= 0.3 is 6.18 Å². The summed E-state index contributed by atoms with van der Waals surface area (Å²) < 4.78 is 40.5. The van der Waals surface area contributed by atoms with Crippen LogP contribution in [0.1, 0.15) is 21.6 Å². The Hall–Kier alpha value is -3.75. The Kier molecular flexibility index (Phi) is 4.71. The lowest BCUT2D eigenvalue weighted by molar-refractivity contribution is -0.137. The van der Waals surface area contributed by atoms with Crippen LogP contribution in [0.15, 0.2) is 67.0 Å². The number of nitrogens with zero attached hydrogens (tertiary/aromatic N) is 4. The Morgan fingerprint density at radius 3 is 2.66 bits per heavy atom. The number of fused-ring (bicyclic) bond motifs is 1. The molecule has 4 aromatic rings. The molecule has 0 aliphatic rings. The van der Waals surface area contributed by atoms with Gasteiger partial charge in [0.2, 0.25) is 0 Å². The predicted molar refractivity (Wildman–Crippen MR) is 98.8 cm³/mol. The van der Waals surface area contributed by atoms with Crippen molar-refractivity contribution in [2.24, 2.45) is 0 Å². The third-order valence-electron chi connectivity index (χ3n) is 4.27. The monoisotopic (exact) mass is 397 g/mol. The van der Waals surface area contributed by atoms with Gasteiger partial charge < -0.3 is 5.32 Å². The van der Waals surface area contributed by atoms with E-state index in [1.54, 1.807) is 30.5 Å². The van der Waals surface area contributed by atoms with Crippen molar-refractivity contribution in [3.63, 3.8) is 0 Å². The van der Waals surface area contributed by atoms with Gasteiger partial charge in [-0.25, -0.2) is 0 Å². The maximum absolute atomic E-state index is 13.0. The molecule has 0 fully saturated rings. The standard InChI is InChI=1S/C20H14F3N5O/c21-20(22,23)15-5-3-4-13(10-15)18-27-26-17-8-7-14(12-28(17)18)19(29)25-11-16-6-1-2-9-24-16/h1-10,12H,11H2,(H,25,29). The molecule has 0 aliphatic heterocycles. The molecule has 0 saturated heterocycles. The number of alkyl halides is 3. The average Bonchev–Trinajstić information content (AvgIpc) is 3.15. The molecule has 1 N–H and O–H groups in total. The van der Waals surface area contributed by atoms with Crippen molar-refractivity contribution in [1.82, 2.24) is 24.9 Å². The summed E-state index contributed by atoms with van der Waals surface area (Å²) in [7, 11) is 0. The van der Waals surface area contributed by atoms with Crippen molar-refractivity contribution >= 4 is 11.6 Å². The molecular formula is C20H14F3N5O. The Bertz CT molecular complexity index is 1170. The molecule has 0 unspecified atom stereocenters. The fourth-order valence-corrected chi connectivity index (χ4v) is 2.83. The first-order valence-corrected chi connectivity index (χ1v) is 8.62. The number of carbonyl (C=O) groups excluding carboxylic acids is 1. The van der Waals surface area contributed by atoms with Crippen LogP contribution in [0.4, 0.5) is 13.2 Å². The van der Waals surface area contributed by atoms with Gasteiger partial charge in [-0.2, -0.15) is 13.2 Å². The quantitative estimate of drug-likeness (QED) is 0.570. The summed E-state index contributed by atoms with van der Waals surface area (Å²) in [6.07, 6.45) is -1.34. The van der Waals surface area contributed by atoms with Crippen LogP contribution in [0.2, 0.25) is 0 Å². The number of carbonyl (C=O) groups is 1. The first kappa shape index (κ1) is 18.6. The molecule has 146 valence electrons. The molecule has 0 aliphatic carbocycles. The molecule has 0 spiro atoms. The van der Waals surface area contributed by atoms with Crippen molar-refractivity contribution in [2.45, 2.75) is 12.7 Å². The van der Waals surface area contributed by atoms with Crippen molar-refractivity contribution in [2.75, 3.05) is 0 Å². The van der Waals surface area contributed by atoms with Gasteiger partial charge in [-0.1, -0.05) is 18.2 Å². The third kappa shape index (κ3) is 3.93. The molecule has 3 heterocycles. The van der Waals surface area contributed by atoms with E-state index in [4.69, 9.17) is 0 Å². The summed E-state index contributed by atoms with van der Waals surface area (Å²) in [5, 5.41) is 10.7. The van der Waals surface area contributed by atoms with Crippen LogP contribution >= 0.6 is 0 Å². The number of aromatic nitrogens is 4. The number of hydrogen-bond acceptors (Lipinski definition) is 4. The summed E-state index contributed by atoms with van der Waals surface area (Å²) in [6.45, 7) is 0.250. The molecule has 4 rings (SSSR count). The Labute approximate surface area is 163 Å². The molecule has 0 saturated carbocycles. The smallest absolute Gasteiger partial charge is 0.346 e. The fourth-order valence-electron chi connectivity index (χ4n) is 2.83. The molecule has 29 heavy (non-hydrogen) atoms. The highest BCUT2D eigenvalue weighted by molar-refractivity contribution is 5.94. The summed E-state index contributed by atoms with van der Waals surface area (Å²) >= 11 is 0. The maximum atomic E-state index is 13.0. The van der Waals surface area contributed by atoms with E-state index in [2.05, 4.69) is 20.5 Å². The van der Waals surface area contributed by atoms with E-state index in [0.29, 0.717) is 16.9 Å². The van der Waals surface area contributed by atoms with E-state index in [0.717, 1.165) is 12.1 Å². The summed E-state index contributed by atoms with van der Waals surface area (Å²) in [4.78, 5) is 16.6. The Balaban J connectivity index is 1.64. The van der Waals surface area contributed by atoms with Crippen molar-refractivity contribution in [3.05, 3.63) is 83.8 Å². The highest BCUT2D eigenvalue weighted by atomic mass is 19.4.